The number of fused-ring (bicyclic) bond motifs is 1. The Balaban J connectivity index is 1.84. The van der Waals surface area contributed by atoms with E-state index in [-0.39, 0.29) is 0 Å². The van der Waals surface area contributed by atoms with Crippen LogP contribution in [0.4, 0.5) is 0 Å². The molecule has 0 aliphatic heterocycles. The Labute approximate surface area is 117 Å². The van der Waals surface area contributed by atoms with Crippen LogP contribution in [0.2, 0.25) is 0 Å². The maximum Gasteiger partial charge on any atom is 0.274 e. The summed E-state index contributed by atoms with van der Waals surface area (Å²) in [6, 6.07) is 9.72. The van der Waals surface area contributed by atoms with Crippen molar-refractivity contribution in [3.05, 3.63) is 65.0 Å². The van der Waals surface area contributed by atoms with E-state index in [0.717, 1.165) is 19.3 Å². The van der Waals surface area contributed by atoms with Crippen molar-refractivity contribution >= 4 is 5.91 Å². The van der Waals surface area contributed by atoms with Crippen molar-refractivity contribution in [3.63, 3.8) is 0 Å². The summed E-state index contributed by atoms with van der Waals surface area (Å²) in [7, 11) is 0. The van der Waals surface area contributed by atoms with E-state index in [4.69, 9.17) is 5.21 Å². The Hall–Kier alpha value is -2.20. The van der Waals surface area contributed by atoms with Gasteiger partial charge in [-0.2, -0.15) is 0 Å². The lowest BCUT2D eigenvalue weighted by atomic mass is 9.80. The van der Waals surface area contributed by atoms with E-state index in [1.807, 2.05) is 24.4 Å². The third-order valence-corrected chi connectivity index (χ3v) is 3.95. The molecule has 1 aromatic carbocycles. The number of aryl methyl sites for hydroxylation is 1. The molecule has 2 aromatic rings. The number of hydroxylamine groups is 1. The van der Waals surface area contributed by atoms with Crippen molar-refractivity contribution in [1.82, 2.24) is 10.5 Å². The van der Waals surface area contributed by atoms with Gasteiger partial charge in [0.05, 0.1) is 0 Å². The van der Waals surface area contributed by atoms with Gasteiger partial charge in [-0.1, -0.05) is 12.1 Å². The van der Waals surface area contributed by atoms with Crippen molar-refractivity contribution in [2.24, 2.45) is 0 Å². The van der Waals surface area contributed by atoms with E-state index in [9.17, 15) is 4.79 Å². The predicted molar refractivity (Wildman–Crippen MR) is 74.7 cm³/mol. The van der Waals surface area contributed by atoms with Gasteiger partial charge < -0.3 is 0 Å². The smallest absolute Gasteiger partial charge is 0.274 e. The summed E-state index contributed by atoms with van der Waals surface area (Å²) >= 11 is 0. The van der Waals surface area contributed by atoms with Crippen LogP contribution in [0.3, 0.4) is 0 Å². The molecule has 1 amide bonds. The molecule has 20 heavy (non-hydrogen) atoms. The first-order valence-electron chi connectivity index (χ1n) is 6.74. The van der Waals surface area contributed by atoms with Gasteiger partial charge in [-0.3, -0.25) is 15.0 Å². The number of nitrogens with zero attached hydrogens (tertiary/aromatic N) is 1. The highest BCUT2D eigenvalue weighted by atomic mass is 16.5. The number of hydrogen-bond donors (Lipinski definition) is 2. The van der Waals surface area contributed by atoms with E-state index in [2.05, 4.69) is 11.1 Å². The maximum absolute atomic E-state index is 11.4. The molecule has 1 atom stereocenters. The molecule has 1 heterocycles. The Bertz CT molecular complexity index is 626. The molecule has 1 unspecified atom stereocenters. The van der Waals surface area contributed by atoms with Gasteiger partial charge in [0, 0.05) is 18.0 Å². The number of benzene rings is 1. The number of nitrogens with one attached hydrogen (secondary N) is 1. The van der Waals surface area contributed by atoms with E-state index in [1.165, 1.54) is 16.7 Å². The number of rotatable bonds is 2. The van der Waals surface area contributed by atoms with E-state index >= 15 is 0 Å². The summed E-state index contributed by atoms with van der Waals surface area (Å²) < 4.78 is 0. The zero-order valence-electron chi connectivity index (χ0n) is 11.0. The molecule has 0 bridgehead atoms. The lowest BCUT2D eigenvalue weighted by Crippen LogP contribution is -2.20. The number of amides is 1. The summed E-state index contributed by atoms with van der Waals surface area (Å²) in [4.78, 5) is 15.6. The first-order valence-corrected chi connectivity index (χ1v) is 6.74. The van der Waals surface area contributed by atoms with Gasteiger partial charge >= 0.3 is 0 Å². The van der Waals surface area contributed by atoms with Gasteiger partial charge in [-0.15, -0.1) is 0 Å². The van der Waals surface area contributed by atoms with Crippen molar-refractivity contribution in [1.29, 1.82) is 0 Å². The second-order valence-corrected chi connectivity index (χ2v) is 5.15. The van der Waals surface area contributed by atoms with Crippen LogP contribution in [-0.2, 0) is 12.8 Å². The van der Waals surface area contributed by atoms with Crippen molar-refractivity contribution in [3.8, 4) is 0 Å². The number of carbonyl (C=O) groups excluding carboxylic acids is 1. The summed E-state index contributed by atoms with van der Waals surface area (Å²) in [6.45, 7) is 0. The van der Waals surface area contributed by atoms with Crippen LogP contribution in [0.15, 0.2) is 42.7 Å². The number of hydrogen-bond acceptors (Lipinski definition) is 3. The maximum atomic E-state index is 11.4. The van der Waals surface area contributed by atoms with Crippen LogP contribution in [0.5, 0.6) is 0 Å². The summed E-state index contributed by atoms with van der Waals surface area (Å²) in [6.07, 6.45) is 6.70. The standard InChI is InChI=1S/C16H16N2O2/c19-16(18-20)14-6-5-11-8-13(4-3-12(11)9-14)15-2-1-7-17-10-15/h1-2,5-7,9-10,13,20H,3-4,8H2,(H,18,19). The molecule has 1 aliphatic carbocycles. The third-order valence-electron chi connectivity index (χ3n) is 3.95. The summed E-state index contributed by atoms with van der Waals surface area (Å²) in [5, 5.41) is 8.68. The molecule has 4 nitrogen and oxygen atoms in total. The quantitative estimate of drug-likeness (QED) is 0.649. The van der Waals surface area contributed by atoms with E-state index in [0.29, 0.717) is 11.5 Å². The van der Waals surface area contributed by atoms with E-state index < -0.39 is 5.91 Å². The molecular weight excluding hydrogens is 252 g/mol. The summed E-state index contributed by atoms with van der Waals surface area (Å²) in [5.41, 5.74) is 5.93. The first kappa shape index (κ1) is 12.8. The number of pyridine rings is 1. The molecule has 0 saturated carbocycles. The highest BCUT2D eigenvalue weighted by Crippen LogP contribution is 2.32. The monoisotopic (exact) mass is 268 g/mol. The molecule has 102 valence electrons. The van der Waals surface area contributed by atoms with Crippen LogP contribution >= 0.6 is 0 Å². The Kier molecular flexibility index (Phi) is 3.48. The largest absolute Gasteiger partial charge is 0.288 e. The molecule has 1 aliphatic rings. The van der Waals surface area contributed by atoms with Crippen LogP contribution < -0.4 is 5.48 Å². The number of aromatic nitrogens is 1. The SMILES string of the molecule is O=C(NO)c1ccc2c(c1)CCC(c1cccnc1)C2. The minimum absolute atomic E-state index is 0.456. The minimum atomic E-state index is -0.456. The molecular formula is C16H16N2O2. The van der Waals surface area contributed by atoms with Crippen LogP contribution in [-0.4, -0.2) is 16.1 Å². The van der Waals surface area contributed by atoms with Crippen molar-refractivity contribution in [2.75, 3.05) is 0 Å². The first-order chi connectivity index (χ1) is 9.78. The van der Waals surface area contributed by atoms with Crippen molar-refractivity contribution in [2.45, 2.75) is 25.2 Å². The average molecular weight is 268 g/mol. The highest BCUT2D eigenvalue weighted by Gasteiger charge is 2.21. The van der Waals surface area contributed by atoms with E-state index in [1.54, 1.807) is 17.7 Å². The van der Waals surface area contributed by atoms with Crippen molar-refractivity contribution < 1.29 is 10.0 Å². The average Bonchev–Trinajstić information content (AvgIpc) is 2.54. The minimum Gasteiger partial charge on any atom is -0.288 e. The molecule has 0 radical (unpaired) electrons. The molecule has 4 heteroatoms. The number of carbonyl (C=O) groups is 1. The Morgan fingerprint density at radius 2 is 2.20 bits per heavy atom. The molecule has 2 N–H and O–H groups in total. The van der Waals surface area contributed by atoms with Gasteiger partial charge in [-0.25, -0.2) is 5.48 Å². The molecule has 0 saturated heterocycles. The predicted octanol–water partition coefficient (Wildman–Crippen LogP) is 2.47. The van der Waals surface area contributed by atoms with Crippen LogP contribution in [0.1, 0.15) is 39.4 Å². The van der Waals surface area contributed by atoms with Crippen LogP contribution in [0.25, 0.3) is 0 Å². The molecule has 0 fully saturated rings. The molecule has 0 spiro atoms. The van der Waals surface area contributed by atoms with Crippen LogP contribution in [0, 0.1) is 0 Å². The second kappa shape index (κ2) is 5.43. The fourth-order valence-corrected chi connectivity index (χ4v) is 2.86. The van der Waals surface area contributed by atoms with Gasteiger partial charge in [-0.05, 0) is 60.1 Å². The summed E-state index contributed by atoms with van der Waals surface area (Å²) in [5.74, 6) is 0.0379. The Morgan fingerprint density at radius 3 is 2.95 bits per heavy atom. The lowest BCUT2D eigenvalue weighted by molar-refractivity contribution is 0.0706. The lowest BCUT2D eigenvalue weighted by Gasteiger charge is -2.25. The zero-order chi connectivity index (χ0) is 13.9. The highest BCUT2D eigenvalue weighted by molar-refractivity contribution is 5.93. The van der Waals surface area contributed by atoms with Gasteiger partial charge in [0.2, 0.25) is 0 Å². The second-order valence-electron chi connectivity index (χ2n) is 5.15. The normalized spacial score (nSPS) is 17.4. The van der Waals surface area contributed by atoms with Gasteiger partial charge in [0.1, 0.15) is 0 Å². The molecule has 1 aromatic heterocycles. The third kappa shape index (κ3) is 2.42. The molecule has 3 rings (SSSR count). The van der Waals surface area contributed by atoms with Gasteiger partial charge in [0.15, 0.2) is 0 Å². The fraction of sp³-hybridized carbons (Fsp3) is 0.250. The van der Waals surface area contributed by atoms with Gasteiger partial charge in [0.25, 0.3) is 5.91 Å². The zero-order valence-corrected chi connectivity index (χ0v) is 11.0. The fourth-order valence-electron chi connectivity index (χ4n) is 2.86. The topological polar surface area (TPSA) is 62.2 Å². The Morgan fingerprint density at radius 1 is 1.30 bits per heavy atom.